The molecule has 0 saturated heterocycles. The minimum Gasteiger partial charge on any atom is -0.497 e. The Hall–Kier alpha value is -1.96. The quantitative estimate of drug-likeness (QED) is 0.787. The van der Waals surface area contributed by atoms with Crippen molar-refractivity contribution in [3.8, 4) is 5.75 Å². The van der Waals surface area contributed by atoms with Crippen molar-refractivity contribution in [2.75, 3.05) is 14.2 Å². The summed E-state index contributed by atoms with van der Waals surface area (Å²) in [5, 5.41) is 0. The molecule has 88 valence electrons. The number of hydrogen-bond donors (Lipinski definition) is 0. The predicted molar refractivity (Wildman–Crippen MR) is 69.8 cm³/mol. The van der Waals surface area contributed by atoms with Crippen LogP contribution in [0.25, 0.3) is 5.57 Å². The fourth-order valence-electron chi connectivity index (χ4n) is 1.76. The fourth-order valence-corrected chi connectivity index (χ4v) is 1.76. The third-order valence-electron chi connectivity index (χ3n) is 2.74. The van der Waals surface area contributed by atoms with Crippen molar-refractivity contribution in [3.63, 3.8) is 0 Å². The van der Waals surface area contributed by atoms with Crippen molar-refractivity contribution in [2.45, 2.75) is 6.42 Å². The molecule has 0 aliphatic heterocycles. The number of benzene rings is 1. The van der Waals surface area contributed by atoms with Crippen molar-refractivity contribution < 1.29 is 9.47 Å². The normalized spacial score (nSPS) is 14.7. The topological polar surface area (TPSA) is 18.5 Å². The molecule has 0 fully saturated rings. The van der Waals surface area contributed by atoms with Crippen molar-refractivity contribution in [2.24, 2.45) is 0 Å². The summed E-state index contributed by atoms with van der Waals surface area (Å²) in [6.45, 7) is 0. The summed E-state index contributed by atoms with van der Waals surface area (Å²) in [4.78, 5) is 0. The van der Waals surface area contributed by atoms with Crippen LogP contribution in [-0.2, 0) is 4.74 Å². The molecule has 0 bridgehead atoms. The molecule has 0 aromatic heterocycles. The minimum absolute atomic E-state index is 0.877. The first kappa shape index (κ1) is 11.5. The smallest absolute Gasteiger partial charge is 0.118 e. The van der Waals surface area contributed by atoms with Crippen molar-refractivity contribution >= 4 is 5.57 Å². The summed E-state index contributed by atoms with van der Waals surface area (Å²) in [5.74, 6) is 1.78. The molecule has 2 rings (SSSR count). The standard InChI is InChI=1S/C15H16O2/c1-16-14-5-3-4-12(6-9-14)13-7-10-15(17-2)11-8-13/h4-11H,3H2,1-2H3. The van der Waals surface area contributed by atoms with Crippen LogP contribution in [0.15, 0.2) is 54.3 Å². The SMILES string of the molecule is COC1=CCC=C(c2ccc(OC)cc2)C=C1. The van der Waals surface area contributed by atoms with E-state index < -0.39 is 0 Å². The average molecular weight is 228 g/mol. The van der Waals surface area contributed by atoms with Crippen LogP contribution in [-0.4, -0.2) is 14.2 Å². The minimum atomic E-state index is 0.877. The van der Waals surface area contributed by atoms with Gasteiger partial charge in [-0.3, -0.25) is 0 Å². The maximum atomic E-state index is 5.21. The van der Waals surface area contributed by atoms with Gasteiger partial charge in [0.1, 0.15) is 11.5 Å². The summed E-state index contributed by atoms with van der Waals surface area (Å²) in [7, 11) is 3.36. The molecule has 2 heteroatoms. The molecule has 0 heterocycles. The molecule has 1 aromatic rings. The van der Waals surface area contributed by atoms with Crippen LogP contribution in [0.2, 0.25) is 0 Å². The van der Waals surface area contributed by atoms with Gasteiger partial charge in [0.05, 0.1) is 14.2 Å². The molecule has 2 nitrogen and oxygen atoms in total. The summed E-state index contributed by atoms with van der Waals surface area (Å²) in [6, 6.07) is 8.07. The largest absolute Gasteiger partial charge is 0.497 e. The molecule has 0 amide bonds. The highest BCUT2D eigenvalue weighted by Gasteiger charge is 2.02. The van der Waals surface area contributed by atoms with Gasteiger partial charge in [0.25, 0.3) is 0 Å². The second-order valence-corrected chi connectivity index (χ2v) is 3.77. The van der Waals surface area contributed by atoms with Crippen LogP contribution in [0.1, 0.15) is 12.0 Å². The van der Waals surface area contributed by atoms with E-state index in [0.29, 0.717) is 0 Å². The molecule has 1 aliphatic rings. The van der Waals surface area contributed by atoms with Gasteiger partial charge in [0.15, 0.2) is 0 Å². The van der Waals surface area contributed by atoms with Crippen molar-refractivity contribution in [1.29, 1.82) is 0 Å². The van der Waals surface area contributed by atoms with Gasteiger partial charge < -0.3 is 9.47 Å². The van der Waals surface area contributed by atoms with E-state index in [1.165, 1.54) is 11.1 Å². The third kappa shape index (κ3) is 2.78. The van der Waals surface area contributed by atoms with Gasteiger partial charge in [0.2, 0.25) is 0 Å². The lowest BCUT2D eigenvalue weighted by atomic mass is 10.0. The zero-order valence-corrected chi connectivity index (χ0v) is 10.1. The third-order valence-corrected chi connectivity index (χ3v) is 2.74. The van der Waals surface area contributed by atoms with E-state index in [4.69, 9.17) is 9.47 Å². The number of ether oxygens (including phenoxy) is 2. The van der Waals surface area contributed by atoms with E-state index in [2.05, 4.69) is 30.4 Å². The molecular weight excluding hydrogens is 212 g/mol. The van der Waals surface area contributed by atoms with Crippen molar-refractivity contribution in [3.05, 3.63) is 59.9 Å². The highest BCUT2D eigenvalue weighted by molar-refractivity contribution is 5.75. The van der Waals surface area contributed by atoms with Crippen molar-refractivity contribution in [1.82, 2.24) is 0 Å². The highest BCUT2D eigenvalue weighted by Crippen LogP contribution is 2.22. The van der Waals surface area contributed by atoms with E-state index in [0.717, 1.165) is 17.9 Å². The molecular formula is C15H16O2. The maximum Gasteiger partial charge on any atom is 0.118 e. The summed E-state index contributed by atoms with van der Waals surface area (Å²) in [5.41, 5.74) is 2.39. The first-order valence-corrected chi connectivity index (χ1v) is 5.60. The van der Waals surface area contributed by atoms with Crippen LogP contribution in [0.4, 0.5) is 0 Å². The van der Waals surface area contributed by atoms with E-state index >= 15 is 0 Å². The number of allylic oxidation sites excluding steroid dienone is 5. The lowest BCUT2D eigenvalue weighted by molar-refractivity contribution is 0.306. The van der Waals surface area contributed by atoms with Gasteiger partial charge >= 0.3 is 0 Å². The van der Waals surface area contributed by atoms with Crippen LogP contribution < -0.4 is 4.74 Å². The Kier molecular flexibility index (Phi) is 3.66. The highest BCUT2D eigenvalue weighted by atomic mass is 16.5. The fraction of sp³-hybridized carbons (Fsp3) is 0.200. The van der Waals surface area contributed by atoms with Crippen LogP contribution in [0, 0.1) is 0 Å². The Morgan fingerprint density at radius 1 is 0.882 bits per heavy atom. The van der Waals surface area contributed by atoms with Gasteiger partial charge in [0, 0.05) is 0 Å². The molecule has 0 saturated carbocycles. The monoisotopic (exact) mass is 228 g/mol. The Morgan fingerprint density at radius 2 is 1.65 bits per heavy atom. The summed E-state index contributed by atoms with van der Waals surface area (Å²) < 4.78 is 10.4. The van der Waals surface area contributed by atoms with Gasteiger partial charge in [-0.05, 0) is 41.8 Å². The Labute approximate surface area is 102 Å². The van der Waals surface area contributed by atoms with Crippen LogP contribution >= 0.6 is 0 Å². The average Bonchev–Trinajstić information content (AvgIpc) is 2.64. The van der Waals surface area contributed by atoms with E-state index in [-0.39, 0.29) is 0 Å². The number of methoxy groups -OCH3 is 2. The summed E-state index contributed by atoms with van der Waals surface area (Å²) in [6.07, 6.45) is 9.20. The number of hydrogen-bond acceptors (Lipinski definition) is 2. The summed E-state index contributed by atoms with van der Waals surface area (Å²) >= 11 is 0. The molecule has 0 N–H and O–H groups in total. The van der Waals surface area contributed by atoms with Gasteiger partial charge in [-0.1, -0.05) is 24.3 Å². The van der Waals surface area contributed by atoms with Gasteiger partial charge in [-0.15, -0.1) is 0 Å². The van der Waals surface area contributed by atoms with E-state index in [9.17, 15) is 0 Å². The lowest BCUT2D eigenvalue weighted by Gasteiger charge is -2.04. The first-order chi connectivity index (χ1) is 8.33. The second-order valence-electron chi connectivity index (χ2n) is 3.77. The maximum absolute atomic E-state index is 5.21. The zero-order chi connectivity index (χ0) is 12.1. The molecule has 17 heavy (non-hydrogen) atoms. The predicted octanol–water partition coefficient (Wildman–Crippen LogP) is 3.57. The molecule has 1 aromatic carbocycles. The van der Waals surface area contributed by atoms with E-state index in [1.807, 2.05) is 18.2 Å². The lowest BCUT2D eigenvalue weighted by Crippen LogP contribution is -1.84. The molecule has 0 spiro atoms. The Morgan fingerprint density at radius 3 is 2.29 bits per heavy atom. The molecule has 1 aliphatic carbocycles. The van der Waals surface area contributed by atoms with Gasteiger partial charge in [-0.25, -0.2) is 0 Å². The first-order valence-electron chi connectivity index (χ1n) is 5.60. The molecule has 0 atom stereocenters. The van der Waals surface area contributed by atoms with Crippen LogP contribution in [0.5, 0.6) is 5.75 Å². The second kappa shape index (κ2) is 5.39. The van der Waals surface area contributed by atoms with Crippen LogP contribution in [0.3, 0.4) is 0 Å². The Bertz CT molecular complexity index is 464. The molecule has 0 radical (unpaired) electrons. The molecule has 0 unspecified atom stereocenters. The zero-order valence-electron chi connectivity index (χ0n) is 10.1. The number of rotatable bonds is 3. The Balaban J connectivity index is 2.20. The van der Waals surface area contributed by atoms with E-state index in [1.54, 1.807) is 14.2 Å². The van der Waals surface area contributed by atoms with Gasteiger partial charge in [-0.2, -0.15) is 0 Å².